The van der Waals surface area contributed by atoms with Gasteiger partial charge in [-0.2, -0.15) is 0 Å². The molecule has 0 radical (unpaired) electrons. The zero-order chi connectivity index (χ0) is 16.4. The number of ether oxygens (including phenoxy) is 1. The van der Waals surface area contributed by atoms with Crippen molar-refractivity contribution < 1.29 is 19.4 Å². The van der Waals surface area contributed by atoms with Crippen LogP contribution in [0, 0.1) is 19.8 Å². The maximum Gasteiger partial charge on any atom is 0.326 e. The fourth-order valence-electron chi connectivity index (χ4n) is 2.62. The van der Waals surface area contributed by atoms with E-state index in [4.69, 9.17) is 4.74 Å². The maximum absolute atomic E-state index is 12.3. The summed E-state index contributed by atoms with van der Waals surface area (Å²) < 4.78 is 5.69. The number of carbonyl (C=O) groups excluding carboxylic acids is 1. The molecule has 2 N–H and O–H groups in total. The molecule has 1 aromatic rings. The lowest BCUT2D eigenvalue weighted by molar-refractivity contribution is -0.143. The Kier molecular flexibility index (Phi) is 4.74. The van der Waals surface area contributed by atoms with Crippen LogP contribution in [0.5, 0.6) is 5.75 Å². The SMILES string of the molecule is Cc1cc2c(cc1C)OC(C(=O)N[C@@H](CC(C)C)C(=O)O)C2. The Balaban J connectivity index is 2.04. The Hall–Kier alpha value is -2.04. The van der Waals surface area contributed by atoms with Crippen LogP contribution < -0.4 is 10.1 Å². The lowest BCUT2D eigenvalue weighted by atomic mass is 10.0. The molecule has 0 aromatic heterocycles. The molecule has 5 heteroatoms. The minimum atomic E-state index is -1.01. The zero-order valence-electron chi connectivity index (χ0n) is 13.5. The first-order valence-electron chi connectivity index (χ1n) is 7.58. The Morgan fingerprint density at radius 2 is 1.95 bits per heavy atom. The second kappa shape index (κ2) is 6.38. The van der Waals surface area contributed by atoms with E-state index in [1.54, 1.807) is 0 Å². The van der Waals surface area contributed by atoms with Crippen LogP contribution >= 0.6 is 0 Å². The summed E-state index contributed by atoms with van der Waals surface area (Å²) in [5.41, 5.74) is 3.27. The molecule has 0 fully saturated rings. The number of carbonyl (C=O) groups is 2. The summed E-state index contributed by atoms with van der Waals surface area (Å²) in [7, 11) is 0. The highest BCUT2D eigenvalue weighted by Crippen LogP contribution is 2.31. The van der Waals surface area contributed by atoms with Gasteiger partial charge in [0.25, 0.3) is 5.91 Å². The standard InChI is InChI=1S/C17H23NO4/c1-9(2)5-13(17(20)21)18-16(19)15-8-12-6-10(3)11(4)7-14(12)22-15/h6-7,9,13,15H,5,8H2,1-4H3,(H,18,19)(H,20,21)/t13-,15?/m0/s1. The average molecular weight is 305 g/mol. The molecule has 2 rings (SSSR count). The Bertz CT molecular complexity index is 564. The van der Waals surface area contributed by atoms with Gasteiger partial charge >= 0.3 is 5.97 Å². The number of aryl methyl sites for hydroxylation is 2. The van der Waals surface area contributed by atoms with Gasteiger partial charge in [-0.25, -0.2) is 4.79 Å². The number of hydrogen-bond acceptors (Lipinski definition) is 3. The number of aliphatic carboxylic acids is 1. The van der Waals surface area contributed by atoms with Crippen molar-refractivity contribution in [2.75, 3.05) is 0 Å². The molecule has 0 bridgehead atoms. The Morgan fingerprint density at radius 3 is 2.55 bits per heavy atom. The van der Waals surface area contributed by atoms with Crippen LogP contribution in [0.25, 0.3) is 0 Å². The van der Waals surface area contributed by atoms with E-state index in [2.05, 4.69) is 5.32 Å². The number of carboxylic acid groups (broad SMARTS) is 1. The molecule has 2 atom stereocenters. The molecule has 5 nitrogen and oxygen atoms in total. The molecule has 0 saturated carbocycles. The normalized spacial score (nSPS) is 17.8. The average Bonchev–Trinajstić information content (AvgIpc) is 2.80. The molecular formula is C17H23NO4. The first-order chi connectivity index (χ1) is 10.3. The van der Waals surface area contributed by atoms with Crippen molar-refractivity contribution in [3.05, 3.63) is 28.8 Å². The van der Waals surface area contributed by atoms with E-state index < -0.39 is 18.1 Å². The second-order valence-electron chi connectivity index (χ2n) is 6.38. The summed E-state index contributed by atoms with van der Waals surface area (Å²) in [4.78, 5) is 23.5. The van der Waals surface area contributed by atoms with Crippen molar-refractivity contribution >= 4 is 11.9 Å². The van der Waals surface area contributed by atoms with Gasteiger partial charge in [0.05, 0.1) is 0 Å². The number of rotatable bonds is 5. The molecule has 1 aliphatic rings. The van der Waals surface area contributed by atoms with Crippen molar-refractivity contribution in [3.63, 3.8) is 0 Å². The molecule has 0 spiro atoms. The summed E-state index contributed by atoms with van der Waals surface area (Å²) in [5, 5.41) is 11.8. The third kappa shape index (κ3) is 3.59. The fourth-order valence-corrected chi connectivity index (χ4v) is 2.62. The van der Waals surface area contributed by atoms with Crippen LogP contribution in [0.3, 0.4) is 0 Å². The Labute approximate surface area is 130 Å². The van der Waals surface area contributed by atoms with E-state index in [-0.39, 0.29) is 11.8 Å². The molecule has 1 aromatic carbocycles. The van der Waals surface area contributed by atoms with E-state index in [9.17, 15) is 14.7 Å². The van der Waals surface area contributed by atoms with Crippen molar-refractivity contribution in [2.45, 2.75) is 52.7 Å². The number of fused-ring (bicyclic) bond motifs is 1. The quantitative estimate of drug-likeness (QED) is 0.874. The van der Waals surface area contributed by atoms with Crippen LogP contribution in [0.1, 0.15) is 37.0 Å². The third-order valence-electron chi connectivity index (χ3n) is 3.97. The minimum Gasteiger partial charge on any atom is -0.480 e. The lowest BCUT2D eigenvalue weighted by Crippen LogP contribution is -2.47. The van der Waals surface area contributed by atoms with E-state index in [1.165, 1.54) is 0 Å². The number of benzene rings is 1. The molecule has 1 unspecified atom stereocenters. The molecule has 22 heavy (non-hydrogen) atoms. The largest absolute Gasteiger partial charge is 0.480 e. The first kappa shape index (κ1) is 16.3. The van der Waals surface area contributed by atoms with Gasteiger partial charge < -0.3 is 15.2 Å². The van der Waals surface area contributed by atoms with Crippen LogP contribution in [0.2, 0.25) is 0 Å². The van der Waals surface area contributed by atoms with Crippen LogP contribution in [-0.4, -0.2) is 29.1 Å². The fraction of sp³-hybridized carbons (Fsp3) is 0.529. The summed E-state index contributed by atoms with van der Waals surface area (Å²) in [6.07, 6.45) is 0.236. The van der Waals surface area contributed by atoms with Crippen LogP contribution in [0.15, 0.2) is 12.1 Å². The molecule has 1 aliphatic heterocycles. The monoisotopic (exact) mass is 305 g/mol. The van der Waals surface area contributed by atoms with Gasteiger partial charge in [0, 0.05) is 6.42 Å². The van der Waals surface area contributed by atoms with Gasteiger partial charge in [-0.3, -0.25) is 4.79 Å². The highest BCUT2D eigenvalue weighted by Gasteiger charge is 2.32. The highest BCUT2D eigenvalue weighted by atomic mass is 16.5. The van der Waals surface area contributed by atoms with Gasteiger partial charge in [0.1, 0.15) is 11.8 Å². The number of carboxylic acids is 1. The molecule has 0 saturated heterocycles. The molecule has 1 heterocycles. The highest BCUT2D eigenvalue weighted by molar-refractivity contribution is 5.87. The smallest absolute Gasteiger partial charge is 0.326 e. The first-order valence-corrected chi connectivity index (χ1v) is 7.58. The zero-order valence-corrected chi connectivity index (χ0v) is 13.5. The Morgan fingerprint density at radius 1 is 1.32 bits per heavy atom. The minimum absolute atomic E-state index is 0.188. The third-order valence-corrected chi connectivity index (χ3v) is 3.97. The van der Waals surface area contributed by atoms with Crippen molar-refractivity contribution in [1.82, 2.24) is 5.32 Å². The molecule has 120 valence electrons. The lowest BCUT2D eigenvalue weighted by Gasteiger charge is -2.18. The van der Waals surface area contributed by atoms with Crippen molar-refractivity contribution in [3.8, 4) is 5.75 Å². The van der Waals surface area contributed by atoms with E-state index in [0.29, 0.717) is 12.8 Å². The number of hydrogen-bond donors (Lipinski definition) is 2. The van der Waals surface area contributed by atoms with E-state index >= 15 is 0 Å². The van der Waals surface area contributed by atoms with E-state index in [1.807, 2.05) is 39.8 Å². The van der Waals surface area contributed by atoms with E-state index in [0.717, 1.165) is 22.4 Å². The van der Waals surface area contributed by atoms with Gasteiger partial charge in [-0.15, -0.1) is 0 Å². The second-order valence-corrected chi connectivity index (χ2v) is 6.38. The van der Waals surface area contributed by atoms with Crippen LogP contribution in [-0.2, 0) is 16.0 Å². The summed E-state index contributed by atoms with van der Waals surface area (Å²) in [6.45, 7) is 7.87. The summed E-state index contributed by atoms with van der Waals surface area (Å²) >= 11 is 0. The van der Waals surface area contributed by atoms with Gasteiger partial charge in [0.15, 0.2) is 6.10 Å². The topological polar surface area (TPSA) is 75.6 Å². The summed E-state index contributed by atoms with van der Waals surface area (Å²) in [5.74, 6) is -0.462. The molecular weight excluding hydrogens is 282 g/mol. The van der Waals surface area contributed by atoms with Gasteiger partial charge in [0.2, 0.25) is 0 Å². The summed E-state index contributed by atoms with van der Waals surface area (Å²) in [6, 6.07) is 3.09. The maximum atomic E-state index is 12.3. The van der Waals surface area contributed by atoms with Gasteiger partial charge in [-0.05, 0) is 48.9 Å². The number of amides is 1. The predicted octanol–water partition coefficient (Wildman–Crippen LogP) is 2.22. The predicted molar refractivity (Wildman–Crippen MR) is 83.1 cm³/mol. The van der Waals surface area contributed by atoms with Gasteiger partial charge in [-0.1, -0.05) is 19.9 Å². The van der Waals surface area contributed by atoms with Crippen molar-refractivity contribution in [1.29, 1.82) is 0 Å². The van der Waals surface area contributed by atoms with Crippen molar-refractivity contribution in [2.24, 2.45) is 5.92 Å². The number of nitrogens with one attached hydrogen (secondary N) is 1. The molecule has 0 aliphatic carbocycles. The van der Waals surface area contributed by atoms with Crippen LogP contribution in [0.4, 0.5) is 0 Å². The molecule has 1 amide bonds.